The van der Waals surface area contributed by atoms with Crippen LogP contribution in [0.1, 0.15) is 119 Å². The first kappa shape index (κ1) is 40.6. The fourth-order valence-electron chi connectivity index (χ4n) is 11.5. The van der Waals surface area contributed by atoms with Crippen molar-refractivity contribution < 1.29 is 41.5 Å². The maximum atomic E-state index is 16.2. The number of hydrogen-bond acceptors (Lipinski definition) is 7. The lowest BCUT2D eigenvalue weighted by molar-refractivity contribution is -0.138. The standard InChI is InChI=1S/C47H48F4N6O5/c1-25-16-31-30-4-2-3-5-36(30)52-41(31)42(56(25)24-38(50)51)40-34(48)17-26(18-35(40)49)21-54-14-12-47(13-15-54)10-8-27(9-11-47)44(60)55-22-28-19-32-33(20-29(28)23-55)46(62)57(45(32)61)37-6-7-39(58)53-43(37)59/h2-5,17-20,25,27,37-38,42,52H,6-16,21-24H2,1H3,(H,53,58,59)/t25-,37?,42-/m1/s1. The van der Waals surface area contributed by atoms with E-state index in [4.69, 9.17) is 0 Å². The number of para-hydroxylation sites is 1. The van der Waals surface area contributed by atoms with Gasteiger partial charge in [0.1, 0.15) is 17.7 Å². The number of carbonyl (C=O) groups excluding carboxylic acids is 5. The highest BCUT2D eigenvalue weighted by Crippen LogP contribution is 2.48. The molecule has 62 heavy (non-hydrogen) atoms. The number of nitrogens with zero attached hydrogens (tertiary/aromatic N) is 4. The number of alkyl halides is 2. The number of piperidine rings is 2. The van der Waals surface area contributed by atoms with E-state index in [0.717, 1.165) is 84.1 Å². The molecule has 5 aliphatic heterocycles. The van der Waals surface area contributed by atoms with Crippen LogP contribution in [0.2, 0.25) is 0 Å². The molecule has 1 saturated carbocycles. The lowest BCUT2D eigenvalue weighted by atomic mass is 9.65. The quantitative estimate of drug-likeness (QED) is 0.156. The van der Waals surface area contributed by atoms with E-state index in [1.165, 1.54) is 17.0 Å². The molecule has 0 bridgehead atoms. The van der Waals surface area contributed by atoms with Gasteiger partial charge in [0.15, 0.2) is 0 Å². The Hall–Kier alpha value is -5.41. The molecular weight excluding hydrogens is 805 g/mol. The van der Waals surface area contributed by atoms with Gasteiger partial charge in [-0.3, -0.25) is 44.0 Å². The Kier molecular flexibility index (Phi) is 10.1. The second kappa shape index (κ2) is 15.4. The maximum Gasteiger partial charge on any atom is 0.262 e. The number of fused-ring (bicyclic) bond motifs is 5. The molecule has 2 saturated heterocycles. The molecule has 1 spiro atoms. The van der Waals surface area contributed by atoms with Crippen molar-refractivity contribution in [2.24, 2.45) is 11.3 Å². The number of likely N-dealkylation sites (tertiary alicyclic amines) is 1. The molecule has 6 heterocycles. The summed E-state index contributed by atoms with van der Waals surface area (Å²) in [6.45, 7) is 3.73. The third kappa shape index (κ3) is 6.91. The van der Waals surface area contributed by atoms with Crippen LogP contribution < -0.4 is 5.32 Å². The van der Waals surface area contributed by atoms with E-state index in [1.54, 1.807) is 17.0 Å². The summed E-state index contributed by atoms with van der Waals surface area (Å²) in [5.41, 5.74) is 4.65. The van der Waals surface area contributed by atoms with E-state index in [2.05, 4.69) is 15.2 Å². The van der Waals surface area contributed by atoms with Crippen molar-refractivity contribution in [3.63, 3.8) is 0 Å². The average molecular weight is 853 g/mol. The van der Waals surface area contributed by atoms with Crippen LogP contribution in [0.25, 0.3) is 10.9 Å². The Morgan fingerprint density at radius 2 is 1.52 bits per heavy atom. The molecule has 0 radical (unpaired) electrons. The number of amides is 5. The van der Waals surface area contributed by atoms with Crippen molar-refractivity contribution in [1.82, 2.24) is 29.9 Å². The fourth-order valence-corrected chi connectivity index (χ4v) is 11.5. The Balaban J connectivity index is 0.756. The number of aromatic nitrogens is 1. The summed E-state index contributed by atoms with van der Waals surface area (Å²) in [7, 11) is 0. The van der Waals surface area contributed by atoms with Crippen LogP contribution in [-0.2, 0) is 40.4 Å². The summed E-state index contributed by atoms with van der Waals surface area (Å²) in [4.78, 5) is 74.5. The minimum Gasteiger partial charge on any atom is -0.357 e. The minimum absolute atomic E-state index is 0.0449. The first-order chi connectivity index (χ1) is 29.8. The van der Waals surface area contributed by atoms with E-state index < -0.39 is 60.3 Å². The third-order valence-corrected chi connectivity index (χ3v) is 14.8. The zero-order valence-electron chi connectivity index (χ0n) is 34.5. The van der Waals surface area contributed by atoms with Gasteiger partial charge in [-0.15, -0.1) is 0 Å². The van der Waals surface area contributed by atoms with E-state index >= 15 is 8.78 Å². The lowest BCUT2D eigenvalue weighted by Gasteiger charge is -2.46. The number of H-pyrrole nitrogens is 1. The molecule has 10 rings (SSSR count). The normalized spacial score (nSPS) is 24.3. The molecule has 15 heteroatoms. The first-order valence-electron chi connectivity index (χ1n) is 21.8. The van der Waals surface area contributed by atoms with Crippen molar-refractivity contribution in [3.8, 4) is 0 Å². The Morgan fingerprint density at radius 3 is 2.15 bits per heavy atom. The summed E-state index contributed by atoms with van der Waals surface area (Å²) in [5, 5.41) is 3.14. The van der Waals surface area contributed by atoms with Crippen molar-refractivity contribution >= 4 is 40.4 Å². The summed E-state index contributed by atoms with van der Waals surface area (Å²) in [6.07, 6.45) is 3.04. The molecule has 6 aliphatic rings. The molecule has 11 nitrogen and oxygen atoms in total. The molecule has 3 fully saturated rings. The lowest BCUT2D eigenvalue weighted by Crippen LogP contribution is -2.54. The number of carbonyl (C=O) groups is 5. The Morgan fingerprint density at radius 1 is 0.871 bits per heavy atom. The van der Waals surface area contributed by atoms with Crippen LogP contribution in [0, 0.1) is 23.0 Å². The molecule has 1 aliphatic carbocycles. The molecule has 324 valence electrons. The van der Waals surface area contributed by atoms with E-state index in [0.29, 0.717) is 37.3 Å². The second-order valence-corrected chi connectivity index (χ2v) is 18.4. The monoisotopic (exact) mass is 852 g/mol. The van der Waals surface area contributed by atoms with Crippen molar-refractivity contribution in [3.05, 3.63) is 105 Å². The highest BCUT2D eigenvalue weighted by Gasteiger charge is 2.47. The number of nitrogens with one attached hydrogen (secondary N) is 2. The molecule has 2 N–H and O–H groups in total. The first-order valence-corrected chi connectivity index (χ1v) is 21.8. The van der Waals surface area contributed by atoms with Gasteiger partial charge in [0.2, 0.25) is 17.7 Å². The fraction of sp³-hybridized carbons (Fsp3) is 0.468. The van der Waals surface area contributed by atoms with Gasteiger partial charge >= 0.3 is 0 Å². The number of hydrogen-bond donors (Lipinski definition) is 2. The number of halogens is 4. The zero-order chi connectivity index (χ0) is 43.2. The number of imide groups is 2. The number of aromatic amines is 1. The van der Waals surface area contributed by atoms with Crippen molar-refractivity contribution in [2.75, 3.05) is 19.6 Å². The maximum absolute atomic E-state index is 16.2. The number of rotatable bonds is 7. The predicted octanol–water partition coefficient (Wildman–Crippen LogP) is 6.76. The van der Waals surface area contributed by atoms with Crippen LogP contribution in [0.3, 0.4) is 0 Å². The summed E-state index contributed by atoms with van der Waals surface area (Å²) < 4.78 is 60.3. The van der Waals surface area contributed by atoms with Crippen LogP contribution >= 0.6 is 0 Å². The summed E-state index contributed by atoms with van der Waals surface area (Å²) >= 11 is 0. The van der Waals surface area contributed by atoms with Crippen molar-refractivity contribution in [1.29, 1.82) is 0 Å². The van der Waals surface area contributed by atoms with E-state index in [-0.39, 0.29) is 52.8 Å². The molecule has 3 aromatic carbocycles. The SMILES string of the molecule is C[C@@H]1Cc2c([nH]c3ccccc23)[C@@H](c2c(F)cc(CN3CCC4(CCC(C(=O)N5Cc6cc7c(cc6C5)C(=O)N(C5CCC(=O)NC5=O)C7=O)CC4)CC3)cc2F)N1CC(F)F. The molecule has 4 aromatic rings. The van der Waals surface area contributed by atoms with Crippen molar-refractivity contribution in [2.45, 2.75) is 109 Å². The van der Waals surface area contributed by atoms with Crippen LogP contribution in [0.5, 0.6) is 0 Å². The van der Waals surface area contributed by atoms with Crippen LogP contribution in [-0.4, -0.2) is 92.3 Å². The van der Waals surface area contributed by atoms with Gasteiger partial charge in [-0.05, 0) is 129 Å². The van der Waals surface area contributed by atoms with Crippen LogP contribution in [0.15, 0.2) is 48.5 Å². The van der Waals surface area contributed by atoms with Gasteiger partial charge in [0.05, 0.1) is 23.7 Å². The largest absolute Gasteiger partial charge is 0.357 e. The van der Waals surface area contributed by atoms with Gasteiger partial charge in [-0.25, -0.2) is 17.6 Å². The molecular formula is C47H48F4N6O5. The minimum atomic E-state index is -2.68. The molecule has 1 unspecified atom stereocenters. The summed E-state index contributed by atoms with van der Waals surface area (Å²) in [5.74, 6) is -3.79. The second-order valence-electron chi connectivity index (χ2n) is 18.4. The van der Waals surface area contributed by atoms with E-state index in [1.807, 2.05) is 31.2 Å². The van der Waals surface area contributed by atoms with Gasteiger partial charge in [-0.1, -0.05) is 18.2 Å². The highest BCUT2D eigenvalue weighted by molar-refractivity contribution is 6.23. The molecule has 3 atom stereocenters. The van der Waals surface area contributed by atoms with E-state index in [9.17, 15) is 32.8 Å². The molecule has 1 aromatic heterocycles. The zero-order valence-corrected chi connectivity index (χ0v) is 34.5. The topological polar surface area (TPSA) is 126 Å². The predicted molar refractivity (Wildman–Crippen MR) is 219 cm³/mol. The molecule has 5 amide bonds. The van der Waals surface area contributed by atoms with Crippen LogP contribution in [0.4, 0.5) is 17.6 Å². The van der Waals surface area contributed by atoms with Gasteiger partial charge in [0.25, 0.3) is 18.2 Å². The van der Waals surface area contributed by atoms with Gasteiger partial charge in [-0.2, -0.15) is 0 Å². The number of benzene rings is 3. The smallest absolute Gasteiger partial charge is 0.262 e. The Bertz CT molecular complexity index is 2470. The highest BCUT2D eigenvalue weighted by atomic mass is 19.3. The van der Waals surface area contributed by atoms with Gasteiger partial charge in [0, 0.05) is 60.2 Å². The average Bonchev–Trinajstić information content (AvgIpc) is 3.90. The van der Waals surface area contributed by atoms with Gasteiger partial charge < -0.3 is 9.88 Å². The summed E-state index contributed by atoms with van der Waals surface area (Å²) in [6, 6.07) is 11.2. The third-order valence-electron chi connectivity index (χ3n) is 14.8. The Labute approximate surface area is 355 Å².